The summed E-state index contributed by atoms with van der Waals surface area (Å²) in [6.07, 6.45) is -21.2. The van der Waals surface area contributed by atoms with Crippen LogP contribution in [0, 0.1) is 0 Å². The van der Waals surface area contributed by atoms with E-state index in [1.165, 1.54) is 0 Å². The van der Waals surface area contributed by atoms with Crippen molar-refractivity contribution in [2.24, 2.45) is 0 Å². The number of allylic oxidation sites excluding steroid dienone is 1. The highest BCUT2D eigenvalue weighted by Gasteiger charge is 2.57. The number of carbonyl (C=O) groups excluding carboxylic acids is 2. The van der Waals surface area contributed by atoms with E-state index in [9.17, 15) is 62.3 Å². The molecule has 2 aromatic carbocycles. The fourth-order valence-corrected chi connectivity index (χ4v) is 4.04. The summed E-state index contributed by atoms with van der Waals surface area (Å²) in [6, 6.07) is -3.32. The van der Waals surface area contributed by atoms with Gasteiger partial charge in [0.15, 0.2) is 0 Å². The first-order chi connectivity index (χ1) is 19.3. The van der Waals surface area contributed by atoms with Gasteiger partial charge >= 0.3 is 24.7 Å². The predicted octanol–water partition coefficient (Wildman–Crippen LogP) is 8.75. The van der Waals surface area contributed by atoms with Crippen LogP contribution < -0.4 is 10.6 Å². The maximum atomic E-state index is 13.7. The normalized spacial score (nSPS) is 14.6. The van der Waals surface area contributed by atoms with E-state index in [1.807, 2.05) is 0 Å². The molecular formula is C24H15Cl3F12N2O2. The lowest BCUT2D eigenvalue weighted by Gasteiger charge is -2.25. The Bertz CT molecular complexity index is 1350. The van der Waals surface area contributed by atoms with Crippen molar-refractivity contribution in [3.8, 4) is 0 Å². The minimum absolute atomic E-state index is 0.243. The molecular weight excluding hydrogens is 683 g/mol. The summed E-state index contributed by atoms with van der Waals surface area (Å²) < 4.78 is 159. The summed E-state index contributed by atoms with van der Waals surface area (Å²) in [6.45, 7) is 0.605. The average Bonchev–Trinajstić information content (AvgIpc) is 2.82. The molecule has 0 aromatic heterocycles. The van der Waals surface area contributed by atoms with E-state index < -0.39 is 76.8 Å². The van der Waals surface area contributed by atoms with E-state index in [1.54, 1.807) is 5.32 Å². The monoisotopic (exact) mass is 696 g/mol. The smallest absolute Gasteiger partial charge is 0.341 e. The summed E-state index contributed by atoms with van der Waals surface area (Å²) in [5, 5.41) is 1.26. The van der Waals surface area contributed by atoms with Gasteiger partial charge in [0, 0.05) is 0 Å². The number of halogens is 15. The van der Waals surface area contributed by atoms with Crippen LogP contribution in [0.25, 0.3) is 6.08 Å². The number of rotatable bonds is 7. The van der Waals surface area contributed by atoms with Gasteiger partial charge in [-0.15, -0.1) is 0 Å². The highest BCUT2D eigenvalue weighted by atomic mass is 35.5. The molecule has 0 saturated carbocycles. The Labute approximate surface area is 248 Å². The molecule has 2 unspecified atom stereocenters. The molecule has 0 bridgehead atoms. The van der Waals surface area contributed by atoms with Gasteiger partial charge in [0.25, 0.3) is 5.91 Å². The Balaban J connectivity index is 2.39. The van der Waals surface area contributed by atoms with E-state index >= 15 is 0 Å². The second-order valence-corrected chi connectivity index (χ2v) is 9.89. The van der Waals surface area contributed by atoms with Crippen molar-refractivity contribution in [2.75, 3.05) is 0 Å². The minimum Gasteiger partial charge on any atom is -0.341 e. The van der Waals surface area contributed by atoms with Gasteiger partial charge < -0.3 is 10.6 Å². The molecule has 2 amide bonds. The molecule has 43 heavy (non-hydrogen) atoms. The van der Waals surface area contributed by atoms with Crippen LogP contribution in [0.5, 0.6) is 0 Å². The van der Waals surface area contributed by atoms with Crippen molar-refractivity contribution in [2.45, 2.75) is 49.6 Å². The van der Waals surface area contributed by atoms with Crippen LogP contribution in [0.15, 0.2) is 36.4 Å². The van der Waals surface area contributed by atoms with Crippen molar-refractivity contribution in [3.63, 3.8) is 0 Å². The summed E-state index contributed by atoms with van der Waals surface area (Å²) in [5.41, 5.74) is -4.01. The number of nitrogens with one attached hydrogen (secondary N) is 2. The van der Waals surface area contributed by atoms with Crippen molar-refractivity contribution in [3.05, 3.63) is 73.7 Å². The number of benzene rings is 2. The molecule has 0 spiro atoms. The number of hydrogen-bond acceptors (Lipinski definition) is 2. The van der Waals surface area contributed by atoms with E-state index in [4.69, 9.17) is 34.8 Å². The van der Waals surface area contributed by atoms with Gasteiger partial charge in [0.2, 0.25) is 11.9 Å². The summed E-state index contributed by atoms with van der Waals surface area (Å²) in [7, 11) is 0. The average molecular weight is 698 g/mol. The molecule has 19 heteroatoms. The quantitative estimate of drug-likeness (QED) is 0.225. The first-order valence-electron chi connectivity index (χ1n) is 11.2. The van der Waals surface area contributed by atoms with E-state index in [2.05, 4.69) is 0 Å². The Morgan fingerprint density at radius 3 is 1.72 bits per heavy atom. The predicted molar refractivity (Wildman–Crippen MR) is 132 cm³/mol. The first kappa shape index (κ1) is 36.3. The molecule has 2 atom stereocenters. The molecule has 2 rings (SSSR count). The lowest BCUT2D eigenvalue weighted by atomic mass is 9.96. The number of alkyl halides is 12. The highest BCUT2D eigenvalue weighted by Crippen LogP contribution is 2.41. The number of amides is 2. The summed E-state index contributed by atoms with van der Waals surface area (Å²) in [4.78, 5) is 24.3. The SMILES string of the molecule is CC(NC(=O)c1ccc(/C=C/C(c2cc(Cl)c(Cl)c(Cl)c2)C(F)(F)F)cc1C(F)(F)F)C(=O)NC(C(F)(F)F)C(F)(F)F. The molecule has 2 aromatic rings. The Morgan fingerprint density at radius 1 is 0.767 bits per heavy atom. The zero-order valence-corrected chi connectivity index (χ0v) is 23.0. The van der Waals surface area contributed by atoms with Crippen LogP contribution in [0.2, 0.25) is 15.1 Å². The highest BCUT2D eigenvalue weighted by molar-refractivity contribution is 6.48. The topological polar surface area (TPSA) is 58.2 Å². The van der Waals surface area contributed by atoms with Crippen LogP contribution in [0.4, 0.5) is 52.7 Å². The second-order valence-electron chi connectivity index (χ2n) is 8.70. The maximum Gasteiger partial charge on any atom is 0.417 e. The molecule has 4 nitrogen and oxygen atoms in total. The van der Waals surface area contributed by atoms with E-state index in [0.29, 0.717) is 30.5 Å². The summed E-state index contributed by atoms with van der Waals surface area (Å²) in [5.74, 6) is -6.20. The van der Waals surface area contributed by atoms with E-state index in [0.717, 1.165) is 18.2 Å². The molecule has 0 saturated heterocycles. The third-order valence-corrected chi connectivity index (χ3v) is 6.67. The van der Waals surface area contributed by atoms with Crippen molar-refractivity contribution in [1.82, 2.24) is 10.6 Å². The largest absolute Gasteiger partial charge is 0.417 e. The molecule has 0 fully saturated rings. The van der Waals surface area contributed by atoms with Crippen LogP contribution in [0.3, 0.4) is 0 Å². The molecule has 238 valence electrons. The molecule has 0 radical (unpaired) electrons. The van der Waals surface area contributed by atoms with E-state index in [-0.39, 0.29) is 21.1 Å². The van der Waals surface area contributed by atoms with Gasteiger partial charge in [0.1, 0.15) is 6.04 Å². The Hall–Kier alpha value is -2.85. The second kappa shape index (κ2) is 13.0. The van der Waals surface area contributed by atoms with Gasteiger partial charge in [-0.1, -0.05) is 53.0 Å². The van der Waals surface area contributed by atoms with Crippen LogP contribution in [-0.4, -0.2) is 42.4 Å². The van der Waals surface area contributed by atoms with Gasteiger partial charge in [-0.05, 0) is 42.3 Å². The van der Waals surface area contributed by atoms with Crippen molar-refractivity contribution in [1.29, 1.82) is 0 Å². The molecule has 2 N–H and O–H groups in total. The van der Waals surface area contributed by atoms with Gasteiger partial charge in [-0.25, -0.2) is 0 Å². The number of hydrogen-bond donors (Lipinski definition) is 2. The first-order valence-corrected chi connectivity index (χ1v) is 12.3. The zero-order chi connectivity index (χ0) is 33.3. The standard InChI is InChI=1S/C24H15Cl3F12N2O2/c1-9(18(42)41-20(23(34,35)36)24(37,38)39)40-19(43)12-4-2-10(6-14(12)22(31,32)33)3-5-13(21(28,29)30)11-7-15(25)17(27)16(26)8-11/h2-9,13,20H,1H3,(H,40,43)(H,41,42)/b5-3+. The Morgan fingerprint density at radius 2 is 1.28 bits per heavy atom. The molecule has 0 aliphatic heterocycles. The third-order valence-electron chi connectivity index (χ3n) is 5.47. The summed E-state index contributed by atoms with van der Waals surface area (Å²) >= 11 is 17.3. The fourth-order valence-electron chi connectivity index (χ4n) is 3.43. The third kappa shape index (κ3) is 9.57. The van der Waals surface area contributed by atoms with Crippen LogP contribution >= 0.6 is 34.8 Å². The molecule has 0 heterocycles. The van der Waals surface area contributed by atoms with Crippen LogP contribution in [0.1, 0.15) is 39.9 Å². The van der Waals surface area contributed by atoms with Gasteiger partial charge in [-0.3, -0.25) is 9.59 Å². The van der Waals surface area contributed by atoms with Crippen molar-refractivity contribution < 1.29 is 62.3 Å². The zero-order valence-electron chi connectivity index (χ0n) is 20.8. The lowest BCUT2D eigenvalue weighted by Crippen LogP contribution is -2.58. The molecule has 0 aliphatic rings. The number of carbonyl (C=O) groups is 2. The lowest BCUT2D eigenvalue weighted by molar-refractivity contribution is -0.257. The van der Waals surface area contributed by atoms with Gasteiger partial charge in [-0.2, -0.15) is 52.7 Å². The molecule has 0 aliphatic carbocycles. The van der Waals surface area contributed by atoms with Gasteiger partial charge in [0.05, 0.1) is 32.1 Å². The van der Waals surface area contributed by atoms with Crippen LogP contribution in [-0.2, 0) is 11.0 Å². The maximum absolute atomic E-state index is 13.7. The fraction of sp³-hybridized carbons (Fsp3) is 0.333. The van der Waals surface area contributed by atoms with Crippen molar-refractivity contribution >= 4 is 52.7 Å². The minimum atomic E-state index is -5.98. The Kier molecular flexibility index (Phi) is 11.0.